The van der Waals surface area contributed by atoms with Gasteiger partial charge in [0.25, 0.3) is 0 Å². The first-order chi connectivity index (χ1) is 5.27. The molecule has 1 heterocycles. The monoisotopic (exact) mass is 161 g/mol. The van der Waals surface area contributed by atoms with E-state index in [-0.39, 0.29) is 12.6 Å². The molecule has 3 N–H and O–H groups in total. The van der Waals surface area contributed by atoms with Crippen molar-refractivity contribution < 1.29 is 20.0 Å². The number of carbonyl (C=O) groups excluding carboxylic acids is 1. The third-order valence-corrected chi connectivity index (χ3v) is 1.84. The average Bonchev–Trinajstić information content (AvgIpc) is 2.50. The van der Waals surface area contributed by atoms with Crippen LogP contribution >= 0.6 is 0 Å². The van der Waals surface area contributed by atoms with Crippen molar-refractivity contribution in [2.45, 2.75) is 24.9 Å². The van der Waals surface area contributed by atoms with Gasteiger partial charge in [0.2, 0.25) is 0 Å². The predicted molar refractivity (Wildman–Crippen MR) is 35.8 cm³/mol. The lowest BCUT2D eigenvalue weighted by Gasteiger charge is -2.08. The van der Waals surface area contributed by atoms with E-state index in [0.29, 0.717) is 6.42 Å². The summed E-state index contributed by atoms with van der Waals surface area (Å²) in [7, 11) is 0. The van der Waals surface area contributed by atoms with Gasteiger partial charge in [0.15, 0.2) is 0 Å². The van der Waals surface area contributed by atoms with Crippen LogP contribution in [0.4, 0.5) is 0 Å². The van der Waals surface area contributed by atoms with Crippen molar-refractivity contribution in [3.8, 4) is 0 Å². The highest BCUT2D eigenvalue weighted by Crippen LogP contribution is 2.12. The van der Waals surface area contributed by atoms with Crippen LogP contribution in [-0.4, -0.2) is 35.0 Å². The first-order valence-corrected chi connectivity index (χ1v) is 3.50. The Morgan fingerprint density at radius 2 is 2.36 bits per heavy atom. The highest BCUT2D eigenvalue weighted by atomic mass is 17.1. The highest BCUT2D eigenvalue weighted by Gasteiger charge is 2.29. The lowest BCUT2D eigenvalue weighted by Crippen LogP contribution is -2.37. The lowest BCUT2D eigenvalue weighted by atomic mass is 10.2. The largest absolute Gasteiger partial charge is 0.395 e. The third-order valence-electron chi connectivity index (χ3n) is 1.84. The second-order valence-corrected chi connectivity index (χ2v) is 2.59. The van der Waals surface area contributed by atoms with Gasteiger partial charge in [0.1, 0.15) is 6.04 Å². The number of nitrogens with one attached hydrogen (secondary N) is 1. The zero-order valence-corrected chi connectivity index (χ0v) is 5.99. The fourth-order valence-electron chi connectivity index (χ4n) is 1.21. The molecule has 0 amide bonds. The second kappa shape index (κ2) is 3.66. The Hall–Kier alpha value is -0.650. The van der Waals surface area contributed by atoms with Gasteiger partial charge in [-0.05, 0) is 12.8 Å². The number of aliphatic hydroxyl groups excluding tert-OH is 1. The molecule has 1 aliphatic rings. The quantitative estimate of drug-likeness (QED) is 0.362. The van der Waals surface area contributed by atoms with Gasteiger partial charge >= 0.3 is 5.97 Å². The summed E-state index contributed by atoms with van der Waals surface area (Å²) in [5.41, 5.74) is 0. The molecule has 0 aromatic carbocycles. The molecule has 11 heavy (non-hydrogen) atoms. The summed E-state index contributed by atoms with van der Waals surface area (Å²) in [5.74, 6) is -0.680. The van der Waals surface area contributed by atoms with Crippen molar-refractivity contribution in [2.75, 3.05) is 6.61 Å². The van der Waals surface area contributed by atoms with Crippen LogP contribution in [0.1, 0.15) is 12.8 Å². The SMILES string of the molecule is O=C(OO)[C@@H]1CCC(CO)N1. The van der Waals surface area contributed by atoms with Gasteiger partial charge in [-0.3, -0.25) is 10.2 Å². The molecule has 0 saturated carbocycles. The summed E-state index contributed by atoms with van der Waals surface area (Å²) >= 11 is 0. The lowest BCUT2D eigenvalue weighted by molar-refractivity contribution is -0.236. The fraction of sp³-hybridized carbons (Fsp3) is 0.833. The zero-order chi connectivity index (χ0) is 8.27. The molecule has 0 aromatic heterocycles. The number of hydrogen-bond donors (Lipinski definition) is 3. The molecule has 1 fully saturated rings. The van der Waals surface area contributed by atoms with Crippen molar-refractivity contribution in [2.24, 2.45) is 0 Å². The highest BCUT2D eigenvalue weighted by molar-refractivity contribution is 5.75. The average molecular weight is 161 g/mol. The van der Waals surface area contributed by atoms with E-state index in [1.807, 2.05) is 0 Å². The smallest absolute Gasteiger partial charge is 0.358 e. The van der Waals surface area contributed by atoms with Crippen molar-refractivity contribution in [1.29, 1.82) is 0 Å². The normalized spacial score (nSPS) is 30.4. The molecule has 0 spiro atoms. The molecule has 0 aliphatic carbocycles. The molecule has 64 valence electrons. The van der Waals surface area contributed by atoms with Gasteiger partial charge < -0.3 is 5.11 Å². The number of carbonyl (C=O) groups is 1. The molecule has 0 radical (unpaired) electrons. The minimum atomic E-state index is -0.680. The Labute approximate surface area is 63.9 Å². The van der Waals surface area contributed by atoms with Gasteiger partial charge in [0.05, 0.1) is 6.61 Å². The van der Waals surface area contributed by atoms with Gasteiger partial charge in [-0.25, -0.2) is 4.79 Å². The molecule has 1 aliphatic heterocycles. The van der Waals surface area contributed by atoms with Crippen molar-refractivity contribution in [1.82, 2.24) is 5.32 Å². The maximum Gasteiger partial charge on any atom is 0.358 e. The molecule has 2 atom stereocenters. The van der Waals surface area contributed by atoms with E-state index in [9.17, 15) is 4.79 Å². The predicted octanol–water partition coefficient (Wildman–Crippen LogP) is -0.885. The van der Waals surface area contributed by atoms with Gasteiger partial charge in [-0.15, -0.1) is 0 Å². The van der Waals surface area contributed by atoms with Crippen LogP contribution in [-0.2, 0) is 9.68 Å². The molecular weight excluding hydrogens is 150 g/mol. The van der Waals surface area contributed by atoms with Gasteiger partial charge in [-0.1, -0.05) is 0 Å². The van der Waals surface area contributed by atoms with Gasteiger partial charge in [-0.2, -0.15) is 5.26 Å². The summed E-state index contributed by atoms with van der Waals surface area (Å²) in [4.78, 5) is 14.2. The van der Waals surface area contributed by atoms with Crippen LogP contribution in [0.2, 0.25) is 0 Å². The molecule has 5 heteroatoms. The Bertz CT molecular complexity index is 150. The summed E-state index contributed by atoms with van der Waals surface area (Å²) in [6.45, 7) is 0.00914. The first-order valence-electron chi connectivity index (χ1n) is 3.50. The van der Waals surface area contributed by atoms with E-state index in [0.717, 1.165) is 6.42 Å². The topological polar surface area (TPSA) is 78.8 Å². The Balaban J connectivity index is 2.35. The van der Waals surface area contributed by atoms with E-state index < -0.39 is 12.0 Å². The van der Waals surface area contributed by atoms with Crippen LogP contribution in [0.15, 0.2) is 0 Å². The van der Waals surface area contributed by atoms with E-state index in [2.05, 4.69) is 10.2 Å². The van der Waals surface area contributed by atoms with Crippen LogP contribution in [0.5, 0.6) is 0 Å². The van der Waals surface area contributed by atoms with Crippen molar-refractivity contribution in [3.05, 3.63) is 0 Å². The number of rotatable bonds is 2. The van der Waals surface area contributed by atoms with E-state index in [1.165, 1.54) is 0 Å². The molecule has 5 nitrogen and oxygen atoms in total. The van der Waals surface area contributed by atoms with Crippen molar-refractivity contribution in [3.63, 3.8) is 0 Å². The molecular formula is C6H11NO4. The molecule has 1 unspecified atom stereocenters. The standard InChI is InChI=1S/C6H11NO4/c8-3-4-1-2-5(7-4)6(9)11-10/h4-5,7-8,10H,1-3H2/t4?,5-/m0/s1. The molecule has 1 saturated heterocycles. The van der Waals surface area contributed by atoms with E-state index in [4.69, 9.17) is 10.4 Å². The van der Waals surface area contributed by atoms with Crippen LogP contribution in [0, 0.1) is 0 Å². The fourth-order valence-corrected chi connectivity index (χ4v) is 1.21. The zero-order valence-electron chi connectivity index (χ0n) is 5.99. The van der Waals surface area contributed by atoms with Gasteiger partial charge in [0, 0.05) is 6.04 Å². The second-order valence-electron chi connectivity index (χ2n) is 2.59. The minimum absolute atomic E-state index is 0.00914. The first kappa shape index (κ1) is 8.45. The summed E-state index contributed by atoms with van der Waals surface area (Å²) < 4.78 is 0. The Morgan fingerprint density at radius 3 is 2.82 bits per heavy atom. The van der Waals surface area contributed by atoms with Crippen LogP contribution in [0.3, 0.4) is 0 Å². The summed E-state index contributed by atoms with van der Waals surface area (Å²) in [6, 6.07) is -0.503. The van der Waals surface area contributed by atoms with Crippen LogP contribution < -0.4 is 5.32 Å². The van der Waals surface area contributed by atoms with Crippen molar-refractivity contribution >= 4 is 5.97 Å². The maximum atomic E-state index is 10.7. The summed E-state index contributed by atoms with van der Waals surface area (Å²) in [6.07, 6.45) is 1.33. The number of aliphatic hydroxyl groups is 1. The van der Waals surface area contributed by atoms with E-state index in [1.54, 1.807) is 0 Å². The molecule has 0 bridgehead atoms. The maximum absolute atomic E-state index is 10.7. The third kappa shape index (κ3) is 1.89. The van der Waals surface area contributed by atoms with Crippen LogP contribution in [0.25, 0.3) is 0 Å². The minimum Gasteiger partial charge on any atom is -0.395 e. The number of hydrogen-bond acceptors (Lipinski definition) is 5. The van der Waals surface area contributed by atoms with E-state index >= 15 is 0 Å². The summed E-state index contributed by atoms with van der Waals surface area (Å²) in [5, 5.41) is 19.5. The molecule has 1 rings (SSSR count). The Kier molecular flexibility index (Phi) is 2.81. The molecule has 0 aromatic rings. The Morgan fingerprint density at radius 1 is 1.64 bits per heavy atom.